The summed E-state index contributed by atoms with van der Waals surface area (Å²) in [7, 11) is 0. The van der Waals surface area contributed by atoms with E-state index in [0.29, 0.717) is 4.88 Å². The fourth-order valence-corrected chi connectivity index (χ4v) is 4.72. The van der Waals surface area contributed by atoms with Crippen molar-refractivity contribution in [3.8, 4) is 11.3 Å². The Morgan fingerprint density at radius 3 is 2.78 bits per heavy atom. The molecule has 0 saturated carbocycles. The van der Waals surface area contributed by atoms with Crippen LogP contribution in [0.1, 0.15) is 27.0 Å². The lowest BCUT2D eigenvalue weighted by molar-refractivity contribution is 0.0940. The van der Waals surface area contributed by atoms with Gasteiger partial charge in [0.05, 0.1) is 17.6 Å². The number of amides is 1. The van der Waals surface area contributed by atoms with Crippen molar-refractivity contribution in [2.24, 2.45) is 0 Å². The number of anilines is 1. The average molecular weight is 440 g/mol. The minimum absolute atomic E-state index is 0.0980. The number of thiophene rings is 1. The maximum absolute atomic E-state index is 12.8. The summed E-state index contributed by atoms with van der Waals surface area (Å²) in [6.45, 7) is 2.03. The van der Waals surface area contributed by atoms with E-state index in [1.807, 2.05) is 37.3 Å². The van der Waals surface area contributed by atoms with Crippen LogP contribution in [0.5, 0.6) is 0 Å². The van der Waals surface area contributed by atoms with Gasteiger partial charge in [-0.15, -0.1) is 11.3 Å². The zero-order valence-corrected chi connectivity index (χ0v) is 16.6. The number of hydrogen-bond acceptors (Lipinski definition) is 5. The minimum atomic E-state index is -0.375. The quantitative estimate of drug-likeness (QED) is 0.425. The number of H-pyrrole nitrogens is 1. The second-order valence-corrected chi connectivity index (χ2v) is 8.29. The highest BCUT2D eigenvalue weighted by molar-refractivity contribution is 9.10. The van der Waals surface area contributed by atoms with Crippen molar-refractivity contribution in [1.82, 2.24) is 20.5 Å². The molecule has 8 heteroatoms. The summed E-state index contributed by atoms with van der Waals surface area (Å²) in [6, 6.07) is 9.93. The number of halogens is 1. The van der Waals surface area contributed by atoms with Gasteiger partial charge in [-0.2, -0.15) is 5.10 Å². The van der Waals surface area contributed by atoms with Gasteiger partial charge in [-0.1, -0.05) is 28.1 Å². The molecule has 1 unspecified atom stereocenters. The van der Waals surface area contributed by atoms with Crippen LogP contribution in [0.15, 0.2) is 47.2 Å². The molecule has 3 N–H and O–H groups in total. The Kier molecular flexibility index (Phi) is 3.76. The van der Waals surface area contributed by atoms with Crippen LogP contribution < -0.4 is 10.6 Å². The Balaban J connectivity index is 1.60. The number of rotatable bonds is 2. The molecule has 4 aromatic rings. The van der Waals surface area contributed by atoms with Gasteiger partial charge >= 0.3 is 0 Å². The smallest absolute Gasteiger partial charge is 0.265 e. The lowest BCUT2D eigenvalue weighted by atomic mass is 10.0. The maximum Gasteiger partial charge on any atom is 0.265 e. The number of aryl methyl sites for hydroxylation is 1. The van der Waals surface area contributed by atoms with E-state index in [1.165, 1.54) is 11.3 Å². The van der Waals surface area contributed by atoms with E-state index >= 15 is 0 Å². The van der Waals surface area contributed by atoms with E-state index in [9.17, 15) is 4.79 Å². The minimum Gasteiger partial charge on any atom is -0.360 e. The van der Waals surface area contributed by atoms with Crippen molar-refractivity contribution in [3.05, 3.63) is 63.2 Å². The molecule has 6 nitrogen and oxygen atoms in total. The van der Waals surface area contributed by atoms with Crippen molar-refractivity contribution in [2.75, 3.05) is 5.32 Å². The zero-order valence-electron chi connectivity index (χ0n) is 14.2. The molecule has 0 radical (unpaired) electrons. The average Bonchev–Trinajstić information content (AvgIpc) is 3.28. The van der Waals surface area contributed by atoms with Crippen molar-refractivity contribution in [3.63, 3.8) is 0 Å². The maximum atomic E-state index is 12.8. The molecule has 3 aromatic heterocycles. The molecule has 0 spiro atoms. The fourth-order valence-electron chi connectivity index (χ4n) is 3.37. The number of nitrogens with one attached hydrogen (secondary N) is 3. The standard InChI is InChI=1S/C19H14BrN5OS/c1-9-6-7-21-19-13(9)15-16(27-19)18(26)24-17(23-15)12-8-22-25-14(12)10-2-4-11(20)5-3-10/h2-8,17,23H,1H3,(H,22,25)(H,24,26). The van der Waals surface area contributed by atoms with Crippen LogP contribution in [0, 0.1) is 6.92 Å². The van der Waals surface area contributed by atoms with Crippen LogP contribution in [0.3, 0.4) is 0 Å². The Hall–Kier alpha value is -2.71. The highest BCUT2D eigenvalue weighted by Crippen LogP contribution is 2.41. The molecule has 134 valence electrons. The molecular formula is C19H14BrN5OS. The lowest BCUT2D eigenvalue weighted by Crippen LogP contribution is -2.37. The van der Waals surface area contributed by atoms with E-state index < -0.39 is 0 Å². The zero-order chi connectivity index (χ0) is 18.5. The molecule has 1 aromatic carbocycles. The van der Waals surface area contributed by atoms with Crippen LogP contribution >= 0.6 is 27.3 Å². The summed E-state index contributed by atoms with van der Waals surface area (Å²) in [5, 5.41) is 14.8. The molecule has 0 saturated heterocycles. The van der Waals surface area contributed by atoms with Crippen LogP contribution in [0.25, 0.3) is 21.5 Å². The topological polar surface area (TPSA) is 82.7 Å². The predicted octanol–water partition coefficient (Wildman–Crippen LogP) is 4.61. The summed E-state index contributed by atoms with van der Waals surface area (Å²) >= 11 is 4.86. The van der Waals surface area contributed by atoms with Gasteiger partial charge in [0, 0.05) is 27.2 Å². The summed E-state index contributed by atoms with van der Waals surface area (Å²) in [4.78, 5) is 18.7. The van der Waals surface area contributed by atoms with Crippen molar-refractivity contribution < 1.29 is 4.79 Å². The van der Waals surface area contributed by atoms with Crippen molar-refractivity contribution in [1.29, 1.82) is 0 Å². The monoisotopic (exact) mass is 439 g/mol. The molecule has 27 heavy (non-hydrogen) atoms. The first-order valence-electron chi connectivity index (χ1n) is 8.36. The van der Waals surface area contributed by atoms with Gasteiger partial charge < -0.3 is 10.6 Å². The summed E-state index contributed by atoms with van der Waals surface area (Å²) in [5.74, 6) is -0.0980. The van der Waals surface area contributed by atoms with Crippen LogP contribution in [0.2, 0.25) is 0 Å². The van der Waals surface area contributed by atoms with Crippen LogP contribution in [-0.4, -0.2) is 21.1 Å². The third-order valence-electron chi connectivity index (χ3n) is 4.68. The van der Waals surface area contributed by atoms with Crippen molar-refractivity contribution >= 4 is 49.1 Å². The third-order valence-corrected chi connectivity index (χ3v) is 6.31. The largest absolute Gasteiger partial charge is 0.360 e. The summed E-state index contributed by atoms with van der Waals surface area (Å²) in [5.41, 5.74) is 4.70. The second kappa shape index (κ2) is 6.17. The van der Waals surface area contributed by atoms with Gasteiger partial charge in [0.15, 0.2) is 0 Å². The number of benzene rings is 1. The molecule has 0 bridgehead atoms. The Morgan fingerprint density at radius 1 is 1.15 bits per heavy atom. The number of pyridine rings is 1. The van der Waals surface area contributed by atoms with Crippen LogP contribution in [0.4, 0.5) is 5.69 Å². The molecular weight excluding hydrogens is 426 g/mol. The van der Waals surface area contributed by atoms with Gasteiger partial charge in [-0.3, -0.25) is 9.89 Å². The number of aromatic amines is 1. The van der Waals surface area contributed by atoms with Gasteiger partial charge in [0.1, 0.15) is 15.9 Å². The molecule has 1 aliphatic heterocycles. The lowest BCUT2D eigenvalue weighted by Gasteiger charge is -2.26. The van der Waals surface area contributed by atoms with Gasteiger partial charge in [0.25, 0.3) is 5.91 Å². The molecule has 0 fully saturated rings. The van der Waals surface area contributed by atoms with Gasteiger partial charge in [-0.05, 0) is 30.7 Å². The number of carbonyl (C=O) groups excluding carboxylic acids is 1. The SMILES string of the molecule is Cc1ccnc2sc3c(c12)NC(c1cn[nH]c1-c1ccc(Br)cc1)NC3=O. The molecule has 1 atom stereocenters. The fraction of sp³-hybridized carbons (Fsp3) is 0.105. The number of aromatic nitrogens is 3. The number of nitrogens with zero attached hydrogens (tertiary/aromatic N) is 2. The first-order valence-corrected chi connectivity index (χ1v) is 9.97. The Labute approximate surface area is 167 Å². The summed E-state index contributed by atoms with van der Waals surface area (Å²) < 4.78 is 1.01. The Morgan fingerprint density at radius 2 is 1.96 bits per heavy atom. The number of hydrogen-bond donors (Lipinski definition) is 3. The van der Waals surface area contributed by atoms with E-state index in [1.54, 1.807) is 12.4 Å². The second-order valence-electron chi connectivity index (χ2n) is 6.37. The molecule has 5 rings (SSSR count). The van der Waals surface area contributed by atoms with Crippen molar-refractivity contribution in [2.45, 2.75) is 13.1 Å². The summed E-state index contributed by atoms with van der Waals surface area (Å²) in [6.07, 6.45) is 3.15. The van der Waals surface area contributed by atoms with E-state index in [-0.39, 0.29) is 12.1 Å². The third kappa shape index (κ3) is 2.64. The van der Waals surface area contributed by atoms with Gasteiger partial charge in [0.2, 0.25) is 0 Å². The normalized spacial score (nSPS) is 16.1. The van der Waals surface area contributed by atoms with Gasteiger partial charge in [-0.25, -0.2) is 4.98 Å². The van der Waals surface area contributed by atoms with E-state index in [2.05, 4.69) is 41.7 Å². The Bertz CT molecular complexity index is 1180. The predicted molar refractivity (Wildman–Crippen MR) is 110 cm³/mol. The van der Waals surface area contributed by atoms with E-state index in [4.69, 9.17) is 0 Å². The molecule has 4 heterocycles. The van der Waals surface area contributed by atoms with Crippen LogP contribution in [-0.2, 0) is 0 Å². The molecule has 0 aliphatic carbocycles. The number of carbonyl (C=O) groups is 1. The van der Waals surface area contributed by atoms with E-state index in [0.717, 1.165) is 42.8 Å². The highest BCUT2D eigenvalue weighted by Gasteiger charge is 2.31. The first kappa shape index (κ1) is 16.5. The molecule has 1 amide bonds. The molecule has 1 aliphatic rings. The first-order chi connectivity index (χ1) is 13.1. The highest BCUT2D eigenvalue weighted by atomic mass is 79.9. The number of fused-ring (bicyclic) bond motifs is 3.